The summed E-state index contributed by atoms with van der Waals surface area (Å²) in [6.07, 6.45) is 7.71. The van der Waals surface area contributed by atoms with Gasteiger partial charge in [-0.1, -0.05) is 0 Å². The van der Waals surface area contributed by atoms with Gasteiger partial charge < -0.3 is 9.88 Å². The van der Waals surface area contributed by atoms with Crippen LogP contribution in [-0.2, 0) is 13.5 Å². The molecule has 2 atom stereocenters. The van der Waals surface area contributed by atoms with Crippen molar-refractivity contribution in [1.82, 2.24) is 14.9 Å². The third-order valence-electron chi connectivity index (χ3n) is 3.95. The number of rotatable bonds is 3. The Morgan fingerprint density at radius 2 is 2.44 bits per heavy atom. The number of hydrogen-bond donors (Lipinski definition) is 1. The molecule has 1 aliphatic rings. The molecule has 0 aromatic carbocycles. The van der Waals surface area contributed by atoms with Crippen molar-refractivity contribution in [3.05, 3.63) is 40.1 Å². The second-order valence-corrected chi connectivity index (χ2v) is 5.96. The maximum atomic E-state index is 4.52. The highest BCUT2D eigenvalue weighted by Crippen LogP contribution is 2.41. The smallest absolute Gasteiger partial charge is 0.126 e. The van der Waals surface area contributed by atoms with Crippen LogP contribution >= 0.6 is 11.3 Å². The lowest BCUT2D eigenvalue weighted by Crippen LogP contribution is -2.28. The molecule has 2 aromatic heterocycles. The number of thiophene rings is 1. The van der Waals surface area contributed by atoms with Crippen LogP contribution in [0, 0.1) is 0 Å². The molecule has 2 aromatic rings. The summed E-state index contributed by atoms with van der Waals surface area (Å²) in [4.78, 5) is 6.09. The number of nitrogens with one attached hydrogen (secondary N) is 1. The summed E-state index contributed by atoms with van der Waals surface area (Å²) in [6.45, 7) is 0. The van der Waals surface area contributed by atoms with Crippen LogP contribution in [0.3, 0.4) is 0 Å². The zero-order valence-corrected chi connectivity index (χ0v) is 11.7. The van der Waals surface area contributed by atoms with E-state index >= 15 is 0 Å². The van der Waals surface area contributed by atoms with E-state index in [9.17, 15) is 0 Å². The van der Waals surface area contributed by atoms with Gasteiger partial charge in [-0.15, -0.1) is 11.3 Å². The van der Waals surface area contributed by atoms with E-state index in [0.29, 0.717) is 12.0 Å². The molecule has 0 amide bonds. The summed E-state index contributed by atoms with van der Waals surface area (Å²) in [7, 11) is 4.12. The Hall–Kier alpha value is -1.13. The first-order valence-corrected chi connectivity index (χ1v) is 7.40. The van der Waals surface area contributed by atoms with E-state index in [0.717, 1.165) is 5.82 Å². The minimum absolute atomic E-state index is 0.318. The van der Waals surface area contributed by atoms with Crippen LogP contribution in [0.1, 0.15) is 41.1 Å². The number of likely N-dealkylation sites (N-methyl/N-ethyl adjacent to an activating group) is 1. The van der Waals surface area contributed by atoms with Gasteiger partial charge in [0, 0.05) is 30.2 Å². The third-order valence-corrected chi connectivity index (χ3v) is 4.94. The van der Waals surface area contributed by atoms with Crippen molar-refractivity contribution in [2.75, 3.05) is 7.05 Å². The molecular weight excluding hydrogens is 242 g/mol. The Morgan fingerprint density at radius 3 is 3.17 bits per heavy atom. The molecule has 1 N–H and O–H groups in total. The topological polar surface area (TPSA) is 29.9 Å². The van der Waals surface area contributed by atoms with Gasteiger partial charge in [0.15, 0.2) is 0 Å². The Bertz CT molecular complexity index is 529. The van der Waals surface area contributed by atoms with Crippen LogP contribution in [0.5, 0.6) is 0 Å². The molecule has 0 bridgehead atoms. The molecule has 0 spiro atoms. The summed E-state index contributed by atoms with van der Waals surface area (Å²) >= 11 is 1.90. The molecule has 96 valence electrons. The van der Waals surface area contributed by atoms with Crippen LogP contribution in [0.2, 0.25) is 0 Å². The van der Waals surface area contributed by atoms with Gasteiger partial charge in [-0.25, -0.2) is 4.98 Å². The lowest BCUT2D eigenvalue weighted by molar-refractivity contribution is 0.404. The number of aromatic nitrogens is 2. The molecule has 4 heteroatoms. The first kappa shape index (κ1) is 11.9. The zero-order valence-electron chi connectivity index (χ0n) is 10.9. The molecule has 3 nitrogen and oxygen atoms in total. The molecule has 0 saturated heterocycles. The van der Waals surface area contributed by atoms with Gasteiger partial charge in [0.25, 0.3) is 0 Å². The molecular formula is C14H19N3S. The summed E-state index contributed by atoms with van der Waals surface area (Å²) in [5, 5.41) is 5.70. The Balaban J connectivity index is 1.97. The van der Waals surface area contributed by atoms with E-state index in [1.54, 1.807) is 4.88 Å². The molecule has 1 aliphatic carbocycles. The lowest BCUT2D eigenvalue weighted by Gasteiger charge is -2.30. The molecule has 2 heterocycles. The minimum Gasteiger partial charge on any atom is -0.337 e. The molecule has 0 saturated carbocycles. The average Bonchev–Trinajstić information content (AvgIpc) is 3.00. The van der Waals surface area contributed by atoms with Gasteiger partial charge in [0.05, 0.1) is 6.04 Å². The summed E-state index contributed by atoms with van der Waals surface area (Å²) in [6, 6.07) is 2.62. The van der Waals surface area contributed by atoms with Crippen LogP contribution in [0.15, 0.2) is 23.8 Å². The quantitative estimate of drug-likeness (QED) is 0.920. The first-order valence-electron chi connectivity index (χ1n) is 6.52. The standard InChI is InChI=1S/C14H19N3S/c1-15-13(14-16-7-8-17(14)2)11-4-3-5-12-10(11)6-9-18-12/h6-9,11,13,15H,3-5H2,1-2H3. The van der Waals surface area contributed by atoms with Crippen LogP contribution in [0.25, 0.3) is 0 Å². The highest BCUT2D eigenvalue weighted by atomic mass is 32.1. The fourth-order valence-corrected chi connectivity index (χ4v) is 4.05. The third kappa shape index (κ3) is 1.89. The van der Waals surface area contributed by atoms with Gasteiger partial charge in [-0.05, 0) is 43.3 Å². The highest BCUT2D eigenvalue weighted by Gasteiger charge is 2.30. The van der Waals surface area contributed by atoms with Crippen molar-refractivity contribution in [3.8, 4) is 0 Å². The first-order chi connectivity index (χ1) is 8.81. The maximum Gasteiger partial charge on any atom is 0.126 e. The maximum absolute atomic E-state index is 4.52. The second-order valence-electron chi connectivity index (χ2n) is 4.96. The molecule has 0 aliphatic heterocycles. The summed E-state index contributed by atoms with van der Waals surface area (Å²) in [5.41, 5.74) is 1.54. The van der Waals surface area contributed by atoms with Gasteiger partial charge in [-0.3, -0.25) is 0 Å². The van der Waals surface area contributed by atoms with Gasteiger partial charge in [-0.2, -0.15) is 0 Å². The monoisotopic (exact) mass is 261 g/mol. The predicted octanol–water partition coefficient (Wildman–Crippen LogP) is 2.86. The van der Waals surface area contributed by atoms with Crippen LogP contribution < -0.4 is 5.32 Å². The van der Waals surface area contributed by atoms with Crippen LogP contribution in [-0.4, -0.2) is 16.6 Å². The average molecular weight is 261 g/mol. The normalized spacial score (nSPS) is 20.7. The zero-order chi connectivity index (χ0) is 12.5. The number of imidazole rings is 1. The Labute approximate surface area is 112 Å². The lowest BCUT2D eigenvalue weighted by atomic mass is 9.82. The molecule has 3 rings (SSSR count). The van der Waals surface area contributed by atoms with E-state index in [2.05, 4.69) is 33.4 Å². The van der Waals surface area contributed by atoms with E-state index in [-0.39, 0.29) is 0 Å². The largest absolute Gasteiger partial charge is 0.337 e. The number of aryl methyl sites for hydroxylation is 2. The van der Waals surface area contributed by atoms with E-state index in [4.69, 9.17) is 0 Å². The molecule has 0 radical (unpaired) electrons. The van der Waals surface area contributed by atoms with Crippen LogP contribution in [0.4, 0.5) is 0 Å². The fraction of sp³-hybridized carbons (Fsp3) is 0.500. The second kappa shape index (κ2) is 4.86. The van der Waals surface area contributed by atoms with Crippen molar-refractivity contribution in [3.63, 3.8) is 0 Å². The number of fused-ring (bicyclic) bond motifs is 1. The Morgan fingerprint density at radius 1 is 1.56 bits per heavy atom. The summed E-state index contributed by atoms with van der Waals surface area (Å²) < 4.78 is 2.13. The molecule has 2 unspecified atom stereocenters. The Kier molecular flexibility index (Phi) is 3.22. The number of hydrogen-bond acceptors (Lipinski definition) is 3. The van der Waals surface area contributed by atoms with Crippen molar-refractivity contribution in [1.29, 1.82) is 0 Å². The van der Waals surface area contributed by atoms with Crippen molar-refractivity contribution in [2.24, 2.45) is 7.05 Å². The van der Waals surface area contributed by atoms with Crippen molar-refractivity contribution < 1.29 is 0 Å². The predicted molar refractivity (Wildman–Crippen MR) is 75.0 cm³/mol. The highest BCUT2D eigenvalue weighted by molar-refractivity contribution is 7.10. The van der Waals surface area contributed by atoms with Crippen molar-refractivity contribution >= 4 is 11.3 Å². The fourth-order valence-electron chi connectivity index (χ4n) is 3.06. The van der Waals surface area contributed by atoms with E-state index in [1.807, 2.05) is 30.8 Å². The van der Waals surface area contributed by atoms with E-state index in [1.165, 1.54) is 24.8 Å². The van der Waals surface area contributed by atoms with Gasteiger partial charge >= 0.3 is 0 Å². The SMILES string of the molecule is CNC(c1nccn1C)C1CCCc2sccc21. The minimum atomic E-state index is 0.318. The number of nitrogens with zero attached hydrogens (tertiary/aromatic N) is 2. The van der Waals surface area contributed by atoms with Crippen molar-refractivity contribution in [2.45, 2.75) is 31.2 Å². The van der Waals surface area contributed by atoms with Gasteiger partial charge in [0.1, 0.15) is 5.82 Å². The molecule has 18 heavy (non-hydrogen) atoms. The van der Waals surface area contributed by atoms with E-state index < -0.39 is 0 Å². The molecule has 0 fully saturated rings. The van der Waals surface area contributed by atoms with Gasteiger partial charge in [0.2, 0.25) is 0 Å². The summed E-state index contributed by atoms with van der Waals surface area (Å²) in [5.74, 6) is 1.70.